The van der Waals surface area contributed by atoms with Gasteiger partial charge in [0.15, 0.2) is 0 Å². The van der Waals surface area contributed by atoms with Crippen molar-refractivity contribution in [2.75, 3.05) is 6.54 Å². The number of hydrogen-bond donors (Lipinski definition) is 2. The van der Waals surface area contributed by atoms with Crippen molar-refractivity contribution < 1.29 is 14.4 Å². The Morgan fingerprint density at radius 2 is 2.10 bits per heavy atom. The fraction of sp³-hybridized carbons (Fsp3) is 0.600. The van der Waals surface area contributed by atoms with Crippen LogP contribution < -0.4 is 11.1 Å². The predicted molar refractivity (Wildman–Crippen MR) is 106 cm³/mol. The van der Waals surface area contributed by atoms with Gasteiger partial charge in [0.1, 0.15) is 16.7 Å². The highest BCUT2D eigenvalue weighted by molar-refractivity contribution is 6.30. The highest BCUT2D eigenvalue weighted by atomic mass is 35.5. The fourth-order valence-corrected chi connectivity index (χ4v) is 4.53. The van der Waals surface area contributed by atoms with Crippen molar-refractivity contribution in [3.8, 4) is 12.3 Å². The lowest BCUT2D eigenvalue weighted by Crippen LogP contribution is -2.52. The van der Waals surface area contributed by atoms with Crippen LogP contribution in [0, 0.1) is 12.3 Å². The number of primary amides is 1. The van der Waals surface area contributed by atoms with Crippen LogP contribution in [0.1, 0.15) is 56.4 Å². The number of amides is 3. The molecule has 154 valence electrons. The van der Waals surface area contributed by atoms with Gasteiger partial charge in [-0.05, 0) is 44.4 Å². The lowest BCUT2D eigenvalue weighted by Gasteiger charge is -2.29. The van der Waals surface area contributed by atoms with E-state index < -0.39 is 23.5 Å². The van der Waals surface area contributed by atoms with Crippen LogP contribution in [-0.4, -0.2) is 51.0 Å². The maximum Gasteiger partial charge on any atom is 0.251 e. The van der Waals surface area contributed by atoms with Crippen LogP contribution in [0.25, 0.3) is 0 Å². The summed E-state index contributed by atoms with van der Waals surface area (Å²) in [6.45, 7) is 0.490. The summed E-state index contributed by atoms with van der Waals surface area (Å²) in [4.78, 5) is 38.9. The van der Waals surface area contributed by atoms with Gasteiger partial charge in [-0.25, -0.2) is 4.68 Å². The van der Waals surface area contributed by atoms with E-state index in [4.69, 9.17) is 23.8 Å². The molecule has 8 nitrogen and oxygen atoms in total. The molecule has 1 saturated heterocycles. The molecular formula is C20H24ClN5O3. The molecule has 3 N–H and O–H groups in total. The molecule has 0 radical (unpaired) electrons. The van der Waals surface area contributed by atoms with Crippen molar-refractivity contribution in [2.45, 2.75) is 68.5 Å². The highest BCUT2D eigenvalue weighted by Gasteiger charge is 2.57. The van der Waals surface area contributed by atoms with E-state index in [0.29, 0.717) is 36.9 Å². The molecule has 3 aliphatic rings. The molecule has 2 aliphatic carbocycles. The summed E-state index contributed by atoms with van der Waals surface area (Å²) in [5.41, 5.74) is 5.38. The van der Waals surface area contributed by atoms with E-state index in [9.17, 15) is 14.4 Å². The number of halogens is 1. The molecule has 0 bridgehead atoms. The monoisotopic (exact) mass is 417 g/mol. The van der Waals surface area contributed by atoms with Crippen LogP contribution in [0.3, 0.4) is 0 Å². The predicted octanol–water partition coefficient (Wildman–Crippen LogP) is 0.887. The number of likely N-dealkylation sites (tertiary alicyclic amines) is 1. The smallest absolute Gasteiger partial charge is 0.251 e. The van der Waals surface area contributed by atoms with Gasteiger partial charge in [-0.2, -0.15) is 5.10 Å². The third kappa shape index (κ3) is 3.60. The van der Waals surface area contributed by atoms with E-state index in [2.05, 4.69) is 16.3 Å². The van der Waals surface area contributed by atoms with Crippen molar-refractivity contribution in [1.82, 2.24) is 20.0 Å². The average Bonchev–Trinajstić information content (AvgIpc) is 3.60. The number of rotatable bonds is 7. The summed E-state index contributed by atoms with van der Waals surface area (Å²) in [5, 5.41) is 7.62. The Bertz CT molecular complexity index is 896. The molecule has 1 aromatic rings. The van der Waals surface area contributed by atoms with Crippen molar-refractivity contribution in [3.05, 3.63) is 16.9 Å². The third-order valence-electron chi connectivity index (χ3n) is 6.02. The van der Waals surface area contributed by atoms with E-state index in [1.54, 1.807) is 15.8 Å². The van der Waals surface area contributed by atoms with Gasteiger partial charge in [0.25, 0.3) is 5.91 Å². The van der Waals surface area contributed by atoms with Crippen LogP contribution >= 0.6 is 11.6 Å². The van der Waals surface area contributed by atoms with Crippen molar-refractivity contribution in [2.24, 2.45) is 5.73 Å². The molecule has 9 heteroatoms. The zero-order valence-electron chi connectivity index (χ0n) is 16.1. The zero-order chi connectivity index (χ0) is 20.8. The van der Waals surface area contributed by atoms with Gasteiger partial charge in [-0.15, -0.1) is 6.42 Å². The standard InChI is InChI=1S/C20H24ClN5O3/c1-2-13(10-16(22)27)24-18(28)15-4-3-9-25(15)19(29)20(7-8-20)26-17(21)14(11-23-26)12-5-6-12/h1,11-13,15H,3-10H2,(H2,22,27)(H,24,28)/t13-,15+/m1/s1. The first-order chi connectivity index (χ1) is 13.9. The Labute approximate surface area is 174 Å². The number of aromatic nitrogens is 2. The largest absolute Gasteiger partial charge is 0.370 e. The second-order valence-corrected chi connectivity index (χ2v) is 8.52. The van der Waals surface area contributed by atoms with E-state index in [-0.39, 0.29) is 18.2 Å². The Kier molecular flexibility index (Phi) is 5.03. The summed E-state index contributed by atoms with van der Waals surface area (Å²) in [6, 6.07) is -1.41. The van der Waals surface area contributed by atoms with Gasteiger partial charge in [0, 0.05) is 12.1 Å². The summed E-state index contributed by atoms with van der Waals surface area (Å²) in [7, 11) is 0. The van der Waals surface area contributed by atoms with Gasteiger partial charge in [0.2, 0.25) is 11.8 Å². The first-order valence-electron chi connectivity index (χ1n) is 9.97. The Hall–Kier alpha value is -2.53. The van der Waals surface area contributed by atoms with Crippen LogP contribution in [0.5, 0.6) is 0 Å². The van der Waals surface area contributed by atoms with E-state index >= 15 is 0 Å². The average molecular weight is 418 g/mol. The molecule has 1 aliphatic heterocycles. The van der Waals surface area contributed by atoms with Crippen molar-refractivity contribution >= 4 is 29.3 Å². The topological polar surface area (TPSA) is 110 Å². The Morgan fingerprint density at radius 3 is 2.69 bits per heavy atom. The second-order valence-electron chi connectivity index (χ2n) is 8.16. The minimum atomic E-state index is -0.800. The number of terminal acetylenes is 1. The van der Waals surface area contributed by atoms with E-state index in [1.807, 2.05) is 0 Å². The first-order valence-corrected chi connectivity index (χ1v) is 10.3. The highest BCUT2D eigenvalue weighted by Crippen LogP contribution is 2.50. The number of hydrogen-bond acceptors (Lipinski definition) is 4. The molecular weight excluding hydrogens is 394 g/mol. The van der Waals surface area contributed by atoms with Gasteiger partial charge in [-0.1, -0.05) is 17.5 Å². The summed E-state index contributed by atoms with van der Waals surface area (Å²) in [6.07, 6.45) is 11.8. The fourth-order valence-electron chi connectivity index (χ4n) is 4.12. The number of carbonyl (C=O) groups excluding carboxylic acids is 3. The number of carbonyl (C=O) groups is 3. The molecule has 0 spiro atoms. The Balaban J connectivity index is 1.50. The molecule has 1 aromatic heterocycles. The molecule has 3 amide bonds. The lowest BCUT2D eigenvalue weighted by atomic mass is 10.1. The molecule has 2 atom stereocenters. The van der Waals surface area contributed by atoms with Crippen LogP contribution in [0.4, 0.5) is 0 Å². The maximum atomic E-state index is 13.4. The minimum Gasteiger partial charge on any atom is -0.370 e. The van der Waals surface area contributed by atoms with Crippen LogP contribution in [0.15, 0.2) is 6.20 Å². The normalized spacial score (nSPS) is 23.3. The number of nitrogens with two attached hydrogens (primary N) is 1. The maximum absolute atomic E-state index is 13.4. The lowest BCUT2D eigenvalue weighted by molar-refractivity contribution is -0.142. The van der Waals surface area contributed by atoms with Crippen molar-refractivity contribution in [3.63, 3.8) is 0 Å². The SMILES string of the molecule is C#C[C@H](CC(N)=O)NC(=O)[C@@H]1CCCN1C(=O)C1(n2ncc(C3CC3)c2Cl)CC1. The van der Waals surface area contributed by atoms with Gasteiger partial charge >= 0.3 is 0 Å². The van der Waals surface area contributed by atoms with E-state index in [1.165, 1.54) is 0 Å². The summed E-state index contributed by atoms with van der Waals surface area (Å²) < 4.78 is 1.65. The number of nitrogens with zero attached hydrogens (tertiary/aromatic N) is 3. The minimum absolute atomic E-state index is 0.130. The first kappa shape index (κ1) is 19.8. The zero-order valence-corrected chi connectivity index (χ0v) is 16.8. The van der Waals surface area contributed by atoms with Gasteiger partial charge < -0.3 is 16.0 Å². The van der Waals surface area contributed by atoms with E-state index in [0.717, 1.165) is 24.8 Å². The van der Waals surface area contributed by atoms with Crippen LogP contribution in [-0.2, 0) is 19.9 Å². The molecule has 0 aromatic carbocycles. The Morgan fingerprint density at radius 1 is 1.38 bits per heavy atom. The molecule has 29 heavy (non-hydrogen) atoms. The van der Waals surface area contributed by atoms with Gasteiger partial charge in [0.05, 0.1) is 18.7 Å². The molecule has 3 fully saturated rings. The van der Waals surface area contributed by atoms with Crippen molar-refractivity contribution in [1.29, 1.82) is 0 Å². The quantitative estimate of drug-likeness (QED) is 0.642. The van der Waals surface area contributed by atoms with Crippen LogP contribution in [0.2, 0.25) is 5.15 Å². The second kappa shape index (κ2) is 7.38. The van der Waals surface area contributed by atoms with Gasteiger partial charge in [-0.3, -0.25) is 14.4 Å². The summed E-state index contributed by atoms with van der Waals surface area (Å²) >= 11 is 6.55. The third-order valence-corrected chi connectivity index (χ3v) is 6.40. The molecule has 4 rings (SSSR count). The molecule has 2 heterocycles. The summed E-state index contributed by atoms with van der Waals surface area (Å²) in [5.74, 6) is 1.72. The molecule has 2 saturated carbocycles. The molecule has 0 unspecified atom stereocenters. The number of nitrogens with one attached hydrogen (secondary N) is 1.